The second kappa shape index (κ2) is 10.5. The fourth-order valence-corrected chi connectivity index (χ4v) is 5.63. The standard InChI is InChI=1S/C24H21NO6S2/c1-14-16(12-32-20-9-5-3-7-18(20)23(26)27)11-17(15(2)22(14)25(30)31)13-33-21-10-6-4-8-19(21)24(28)29/h3-11H,12-13H2,1-2H3,(H,26,27)(H,28,29). The molecule has 33 heavy (non-hydrogen) atoms. The molecule has 9 heteroatoms. The van der Waals surface area contributed by atoms with Crippen LogP contribution in [0.25, 0.3) is 0 Å². The number of carbonyl (C=O) groups is 2. The SMILES string of the molecule is Cc1c(CSc2ccccc2C(=O)O)cc(CSc2ccccc2C(=O)O)c(C)c1[N+](=O)[O-]. The highest BCUT2D eigenvalue weighted by Gasteiger charge is 2.22. The Balaban J connectivity index is 1.94. The van der Waals surface area contributed by atoms with Gasteiger partial charge >= 0.3 is 11.9 Å². The van der Waals surface area contributed by atoms with Crippen molar-refractivity contribution in [3.8, 4) is 0 Å². The maximum atomic E-state index is 11.8. The molecule has 170 valence electrons. The predicted molar refractivity (Wildman–Crippen MR) is 128 cm³/mol. The second-order valence-electron chi connectivity index (χ2n) is 7.23. The van der Waals surface area contributed by atoms with E-state index in [0.29, 0.717) is 32.4 Å². The van der Waals surface area contributed by atoms with Crippen LogP contribution in [0.3, 0.4) is 0 Å². The number of carboxylic acids is 2. The average Bonchev–Trinajstić information content (AvgIpc) is 2.78. The van der Waals surface area contributed by atoms with Crippen LogP contribution in [-0.4, -0.2) is 27.1 Å². The molecule has 2 N–H and O–H groups in total. The Bertz CT molecular complexity index is 1160. The Morgan fingerprint density at radius 2 is 1.21 bits per heavy atom. The van der Waals surface area contributed by atoms with Gasteiger partial charge in [0.1, 0.15) is 0 Å². The Labute approximate surface area is 199 Å². The highest BCUT2D eigenvalue weighted by atomic mass is 32.2. The summed E-state index contributed by atoms with van der Waals surface area (Å²) < 4.78 is 0. The molecule has 0 atom stereocenters. The van der Waals surface area contributed by atoms with Crippen molar-refractivity contribution >= 4 is 41.1 Å². The third-order valence-corrected chi connectivity index (χ3v) is 7.45. The molecule has 7 nitrogen and oxygen atoms in total. The van der Waals surface area contributed by atoms with Gasteiger partial charge in [0, 0.05) is 32.4 Å². The summed E-state index contributed by atoms with van der Waals surface area (Å²) in [6.07, 6.45) is 0. The maximum Gasteiger partial charge on any atom is 0.336 e. The zero-order chi connectivity index (χ0) is 24.1. The zero-order valence-electron chi connectivity index (χ0n) is 17.9. The molecular weight excluding hydrogens is 462 g/mol. The van der Waals surface area contributed by atoms with E-state index in [1.165, 1.54) is 35.7 Å². The topological polar surface area (TPSA) is 118 Å². The lowest BCUT2D eigenvalue weighted by Gasteiger charge is -2.14. The number of nitro benzene ring substituents is 1. The van der Waals surface area contributed by atoms with Crippen LogP contribution in [0.2, 0.25) is 0 Å². The second-order valence-corrected chi connectivity index (χ2v) is 9.26. The highest BCUT2D eigenvalue weighted by molar-refractivity contribution is 7.98. The van der Waals surface area contributed by atoms with E-state index in [9.17, 15) is 29.9 Å². The van der Waals surface area contributed by atoms with Gasteiger partial charge in [0.15, 0.2) is 0 Å². The summed E-state index contributed by atoms with van der Waals surface area (Å²) in [6, 6.07) is 15.2. The van der Waals surface area contributed by atoms with Crippen LogP contribution in [0.5, 0.6) is 0 Å². The van der Waals surface area contributed by atoms with Crippen molar-refractivity contribution < 1.29 is 24.7 Å². The molecule has 0 aliphatic rings. The van der Waals surface area contributed by atoms with Gasteiger partial charge in [0.2, 0.25) is 0 Å². The van der Waals surface area contributed by atoms with Crippen molar-refractivity contribution in [2.45, 2.75) is 35.1 Å². The Morgan fingerprint density at radius 3 is 1.58 bits per heavy atom. The lowest BCUT2D eigenvalue weighted by atomic mass is 9.99. The smallest absolute Gasteiger partial charge is 0.336 e. The third-order valence-electron chi connectivity index (χ3n) is 5.21. The summed E-state index contributed by atoms with van der Waals surface area (Å²) in [5.41, 5.74) is 2.95. The number of aromatic carboxylic acids is 2. The molecule has 0 radical (unpaired) electrons. The van der Waals surface area contributed by atoms with Crippen LogP contribution in [0, 0.1) is 24.0 Å². The van der Waals surface area contributed by atoms with E-state index in [1.54, 1.807) is 50.2 Å². The van der Waals surface area contributed by atoms with Crippen LogP contribution in [0.4, 0.5) is 5.69 Å². The van der Waals surface area contributed by atoms with Gasteiger partial charge in [-0.15, -0.1) is 23.5 Å². The average molecular weight is 484 g/mol. The number of nitrogens with zero attached hydrogens (tertiary/aromatic N) is 1. The lowest BCUT2D eigenvalue weighted by molar-refractivity contribution is -0.386. The minimum absolute atomic E-state index is 0.0294. The molecule has 0 spiro atoms. The molecule has 0 saturated carbocycles. The molecule has 0 unspecified atom stereocenters. The summed E-state index contributed by atoms with van der Waals surface area (Å²) >= 11 is 2.62. The first-order valence-corrected chi connectivity index (χ1v) is 11.8. The number of rotatable bonds is 9. The van der Waals surface area contributed by atoms with Gasteiger partial charge in [-0.05, 0) is 49.2 Å². The van der Waals surface area contributed by atoms with E-state index < -0.39 is 16.9 Å². The van der Waals surface area contributed by atoms with E-state index in [-0.39, 0.29) is 16.8 Å². The first kappa shape index (κ1) is 24.3. The zero-order valence-corrected chi connectivity index (χ0v) is 19.5. The first-order chi connectivity index (χ1) is 15.7. The molecule has 0 saturated heterocycles. The molecule has 0 fully saturated rings. The van der Waals surface area contributed by atoms with Crippen molar-refractivity contribution in [2.75, 3.05) is 0 Å². The quantitative estimate of drug-likeness (QED) is 0.210. The third kappa shape index (κ3) is 5.55. The minimum atomic E-state index is -1.03. The molecule has 0 aromatic heterocycles. The maximum absolute atomic E-state index is 11.8. The predicted octanol–water partition coefficient (Wildman–Crippen LogP) is 6.19. The van der Waals surface area contributed by atoms with Gasteiger partial charge in [-0.25, -0.2) is 9.59 Å². The summed E-state index contributed by atoms with van der Waals surface area (Å²) in [4.78, 5) is 35.6. The fourth-order valence-electron chi connectivity index (χ4n) is 3.44. The molecule has 0 heterocycles. The highest BCUT2D eigenvalue weighted by Crippen LogP contribution is 2.36. The Hall–Kier alpha value is -3.30. The van der Waals surface area contributed by atoms with Crippen molar-refractivity contribution in [1.82, 2.24) is 0 Å². The fraction of sp³-hybridized carbons (Fsp3) is 0.167. The molecule has 0 amide bonds. The summed E-state index contributed by atoms with van der Waals surface area (Å²) in [6.45, 7) is 3.39. The van der Waals surface area contributed by atoms with Gasteiger partial charge in [-0.1, -0.05) is 30.3 Å². The molecular formula is C24H21NO6S2. The van der Waals surface area contributed by atoms with Crippen molar-refractivity contribution in [1.29, 1.82) is 0 Å². The molecule has 0 aliphatic heterocycles. The molecule has 3 aromatic rings. The van der Waals surface area contributed by atoms with Crippen LogP contribution >= 0.6 is 23.5 Å². The summed E-state index contributed by atoms with van der Waals surface area (Å²) in [7, 11) is 0. The molecule has 0 bridgehead atoms. The van der Waals surface area contributed by atoms with Crippen LogP contribution < -0.4 is 0 Å². The summed E-state index contributed by atoms with van der Waals surface area (Å²) in [5, 5.41) is 30.6. The van der Waals surface area contributed by atoms with Gasteiger partial charge in [-0.3, -0.25) is 10.1 Å². The first-order valence-electron chi connectivity index (χ1n) is 9.87. The van der Waals surface area contributed by atoms with E-state index in [2.05, 4.69) is 0 Å². The van der Waals surface area contributed by atoms with E-state index in [0.717, 1.165) is 11.1 Å². The van der Waals surface area contributed by atoms with Crippen molar-refractivity contribution in [3.05, 3.63) is 98.1 Å². The number of nitro groups is 1. The number of carboxylic acid groups (broad SMARTS) is 2. The van der Waals surface area contributed by atoms with E-state index in [1.807, 2.05) is 6.07 Å². The Kier molecular flexibility index (Phi) is 7.78. The number of thioether (sulfide) groups is 2. The van der Waals surface area contributed by atoms with Gasteiger partial charge in [0.05, 0.1) is 16.1 Å². The van der Waals surface area contributed by atoms with Crippen LogP contribution in [0.15, 0.2) is 64.4 Å². The normalized spacial score (nSPS) is 10.7. The minimum Gasteiger partial charge on any atom is -0.478 e. The number of hydrogen-bond acceptors (Lipinski definition) is 6. The van der Waals surface area contributed by atoms with Gasteiger partial charge < -0.3 is 10.2 Å². The van der Waals surface area contributed by atoms with Crippen molar-refractivity contribution in [3.63, 3.8) is 0 Å². The van der Waals surface area contributed by atoms with Gasteiger partial charge in [-0.2, -0.15) is 0 Å². The Morgan fingerprint density at radius 1 is 0.818 bits per heavy atom. The monoisotopic (exact) mass is 483 g/mol. The van der Waals surface area contributed by atoms with E-state index >= 15 is 0 Å². The van der Waals surface area contributed by atoms with Crippen molar-refractivity contribution in [2.24, 2.45) is 0 Å². The largest absolute Gasteiger partial charge is 0.478 e. The molecule has 3 rings (SSSR count). The lowest BCUT2D eigenvalue weighted by Crippen LogP contribution is -2.04. The number of benzene rings is 3. The van der Waals surface area contributed by atoms with Crippen LogP contribution in [0.1, 0.15) is 43.0 Å². The van der Waals surface area contributed by atoms with Crippen LogP contribution in [-0.2, 0) is 11.5 Å². The number of hydrogen-bond donors (Lipinski definition) is 2. The van der Waals surface area contributed by atoms with Gasteiger partial charge in [0.25, 0.3) is 5.69 Å². The van der Waals surface area contributed by atoms with E-state index in [4.69, 9.17) is 0 Å². The molecule has 0 aliphatic carbocycles. The molecule has 3 aromatic carbocycles. The summed E-state index contributed by atoms with van der Waals surface area (Å²) in [5.74, 6) is -1.33.